The van der Waals surface area contributed by atoms with E-state index < -0.39 is 22.9 Å². The van der Waals surface area contributed by atoms with Crippen LogP contribution in [-0.4, -0.2) is 11.7 Å². The molecule has 1 unspecified atom stereocenters. The summed E-state index contributed by atoms with van der Waals surface area (Å²) in [7, 11) is 0. The topological polar surface area (TPSA) is 46.2 Å². The predicted octanol–water partition coefficient (Wildman–Crippen LogP) is 2.74. The van der Waals surface area contributed by atoms with Gasteiger partial charge in [0.05, 0.1) is 16.7 Å². The Morgan fingerprint density at radius 1 is 1.38 bits per heavy atom. The molecule has 0 saturated heterocycles. The normalized spacial score (nSPS) is 13.9. The van der Waals surface area contributed by atoms with Gasteiger partial charge in [-0.2, -0.15) is 13.2 Å². The van der Waals surface area contributed by atoms with Crippen molar-refractivity contribution in [2.75, 3.05) is 6.54 Å². The summed E-state index contributed by atoms with van der Waals surface area (Å²) in [5.74, 6) is 0. The number of rotatable bonds is 3. The lowest BCUT2D eigenvalue weighted by atomic mass is 10.0. The average molecular weight is 254 g/mol. The molecule has 0 heterocycles. The minimum absolute atomic E-state index is 0.250. The third-order valence-electron chi connectivity index (χ3n) is 2.12. The molecule has 0 amide bonds. The number of alkyl halides is 3. The lowest BCUT2D eigenvalue weighted by Gasteiger charge is -2.13. The number of aliphatic hydroxyl groups is 1. The molecule has 0 spiro atoms. The second-order valence-electron chi connectivity index (χ2n) is 3.33. The van der Waals surface area contributed by atoms with Crippen LogP contribution in [0, 0.1) is 0 Å². The number of halogens is 4. The quantitative estimate of drug-likeness (QED) is 0.870. The van der Waals surface area contributed by atoms with E-state index in [1.54, 1.807) is 0 Å². The third-order valence-corrected chi connectivity index (χ3v) is 2.44. The highest BCUT2D eigenvalue weighted by Crippen LogP contribution is 2.35. The van der Waals surface area contributed by atoms with E-state index >= 15 is 0 Å². The van der Waals surface area contributed by atoms with Crippen molar-refractivity contribution in [3.05, 3.63) is 34.3 Å². The van der Waals surface area contributed by atoms with Crippen LogP contribution in [0.5, 0.6) is 0 Å². The van der Waals surface area contributed by atoms with Crippen molar-refractivity contribution in [3.63, 3.8) is 0 Å². The standard InChI is InChI=1S/C10H11ClF3NO/c11-8-5-6(9(16)3-4-15)1-2-7(8)10(12,13)14/h1-2,5,9,16H,3-4,15H2. The first-order chi connectivity index (χ1) is 7.36. The molecule has 16 heavy (non-hydrogen) atoms. The molecule has 1 atom stereocenters. The van der Waals surface area contributed by atoms with Crippen LogP contribution in [0.1, 0.15) is 23.7 Å². The second kappa shape index (κ2) is 5.03. The van der Waals surface area contributed by atoms with E-state index in [-0.39, 0.29) is 13.0 Å². The van der Waals surface area contributed by atoms with Crippen LogP contribution in [-0.2, 0) is 6.18 Å². The zero-order chi connectivity index (χ0) is 12.3. The molecule has 2 nitrogen and oxygen atoms in total. The van der Waals surface area contributed by atoms with Crippen molar-refractivity contribution in [1.29, 1.82) is 0 Å². The van der Waals surface area contributed by atoms with Crippen molar-refractivity contribution in [2.45, 2.75) is 18.7 Å². The predicted molar refractivity (Wildman–Crippen MR) is 55.1 cm³/mol. The average Bonchev–Trinajstić information content (AvgIpc) is 2.16. The summed E-state index contributed by atoms with van der Waals surface area (Å²) < 4.78 is 37.1. The molecular formula is C10H11ClF3NO. The number of hydrogen-bond acceptors (Lipinski definition) is 2. The van der Waals surface area contributed by atoms with Crippen LogP contribution in [0.15, 0.2) is 18.2 Å². The maximum absolute atomic E-state index is 12.4. The molecule has 0 bridgehead atoms. The highest BCUT2D eigenvalue weighted by atomic mass is 35.5. The van der Waals surface area contributed by atoms with E-state index in [0.717, 1.165) is 12.1 Å². The van der Waals surface area contributed by atoms with Gasteiger partial charge < -0.3 is 10.8 Å². The van der Waals surface area contributed by atoms with Crippen LogP contribution in [0.4, 0.5) is 13.2 Å². The van der Waals surface area contributed by atoms with E-state index in [0.29, 0.717) is 5.56 Å². The van der Waals surface area contributed by atoms with Crippen molar-refractivity contribution in [2.24, 2.45) is 5.73 Å². The minimum Gasteiger partial charge on any atom is -0.388 e. The zero-order valence-corrected chi connectivity index (χ0v) is 9.02. The first kappa shape index (κ1) is 13.3. The molecule has 0 fully saturated rings. The number of aliphatic hydroxyl groups excluding tert-OH is 1. The van der Waals surface area contributed by atoms with Gasteiger partial charge in [-0.25, -0.2) is 0 Å². The molecule has 0 radical (unpaired) electrons. The van der Waals surface area contributed by atoms with E-state index in [4.69, 9.17) is 17.3 Å². The van der Waals surface area contributed by atoms with E-state index in [2.05, 4.69) is 0 Å². The van der Waals surface area contributed by atoms with Gasteiger partial charge in [-0.05, 0) is 30.7 Å². The molecule has 1 aromatic rings. The maximum Gasteiger partial charge on any atom is 0.417 e. The van der Waals surface area contributed by atoms with Crippen LogP contribution >= 0.6 is 11.6 Å². The van der Waals surface area contributed by atoms with Crippen molar-refractivity contribution in [3.8, 4) is 0 Å². The number of nitrogens with two attached hydrogens (primary N) is 1. The SMILES string of the molecule is NCCC(O)c1ccc(C(F)(F)F)c(Cl)c1. The molecule has 0 aliphatic carbocycles. The van der Waals surface area contributed by atoms with Crippen molar-refractivity contribution >= 4 is 11.6 Å². The van der Waals surface area contributed by atoms with E-state index in [1.807, 2.05) is 0 Å². The first-order valence-electron chi connectivity index (χ1n) is 4.61. The number of hydrogen-bond donors (Lipinski definition) is 2. The van der Waals surface area contributed by atoms with Gasteiger partial charge in [-0.15, -0.1) is 0 Å². The van der Waals surface area contributed by atoms with Crippen LogP contribution < -0.4 is 5.73 Å². The molecule has 1 rings (SSSR count). The van der Waals surface area contributed by atoms with E-state index in [9.17, 15) is 18.3 Å². The lowest BCUT2D eigenvalue weighted by molar-refractivity contribution is -0.137. The molecule has 1 aromatic carbocycles. The largest absolute Gasteiger partial charge is 0.417 e. The summed E-state index contributed by atoms with van der Waals surface area (Å²) in [5.41, 5.74) is 4.66. The Bertz CT molecular complexity index is 368. The number of benzene rings is 1. The molecule has 90 valence electrons. The summed E-state index contributed by atoms with van der Waals surface area (Å²) >= 11 is 5.50. The Morgan fingerprint density at radius 2 is 2.00 bits per heavy atom. The minimum atomic E-state index is -4.48. The fourth-order valence-electron chi connectivity index (χ4n) is 1.29. The molecule has 6 heteroatoms. The second-order valence-corrected chi connectivity index (χ2v) is 3.74. The molecule has 0 saturated carbocycles. The van der Waals surface area contributed by atoms with Gasteiger partial charge in [0.25, 0.3) is 0 Å². The summed E-state index contributed by atoms with van der Waals surface area (Å²) in [6, 6.07) is 3.18. The lowest BCUT2D eigenvalue weighted by Crippen LogP contribution is -2.09. The zero-order valence-electron chi connectivity index (χ0n) is 8.26. The van der Waals surface area contributed by atoms with Gasteiger partial charge in [-0.3, -0.25) is 0 Å². The summed E-state index contributed by atoms with van der Waals surface area (Å²) in [5, 5.41) is 9.10. The van der Waals surface area contributed by atoms with Gasteiger partial charge in [0.15, 0.2) is 0 Å². The Labute approximate surface area is 95.8 Å². The van der Waals surface area contributed by atoms with Gasteiger partial charge in [0, 0.05) is 0 Å². The van der Waals surface area contributed by atoms with Crippen molar-refractivity contribution in [1.82, 2.24) is 0 Å². The molecular weight excluding hydrogens is 243 g/mol. The van der Waals surface area contributed by atoms with Crippen LogP contribution in [0.25, 0.3) is 0 Å². The molecule has 3 N–H and O–H groups in total. The van der Waals surface area contributed by atoms with Gasteiger partial charge in [0.2, 0.25) is 0 Å². The Morgan fingerprint density at radius 3 is 2.44 bits per heavy atom. The maximum atomic E-state index is 12.4. The monoisotopic (exact) mass is 253 g/mol. The smallest absolute Gasteiger partial charge is 0.388 e. The third kappa shape index (κ3) is 3.10. The molecule has 0 aliphatic rings. The summed E-state index contributed by atoms with van der Waals surface area (Å²) in [6.45, 7) is 0.250. The van der Waals surface area contributed by atoms with Crippen LogP contribution in [0.3, 0.4) is 0 Å². The molecule has 0 aliphatic heterocycles. The highest BCUT2D eigenvalue weighted by molar-refractivity contribution is 6.31. The van der Waals surface area contributed by atoms with Crippen molar-refractivity contribution < 1.29 is 18.3 Å². The van der Waals surface area contributed by atoms with Gasteiger partial charge in [0.1, 0.15) is 0 Å². The Kier molecular flexibility index (Phi) is 4.18. The molecule has 0 aromatic heterocycles. The summed E-state index contributed by atoms with van der Waals surface area (Å²) in [6.07, 6.45) is -5.08. The first-order valence-corrected chi connectivity index (χ1v) is 4.99. The van der Waals surface area contributed by atoms with E-state index in [1.165, 1.54) is 6.07 Å². The Balaban J connectivity index is 3.00. The summed E-state index contributed by atoms with van der Waals surface area (Å²) in [4.78, 5) is 0. The van der Waals surface area contributed by atoms with Gasteiger partial charge >= 0.3 is 6.18 Å². The highest BCUT2D eigenvalue weighted by Gasteiger charge is 2.33. The Hall–Kier alpha value is -0.780. The van der Waals surface area contributed by atoms with Gasteiger partial charge in [-0.1, -0.05) is 17.7 Å². The van der Waals surface area contributed by atoms with Crippen LogP contribution in [0.2, 0.25) is 5.02 Å². The fourth-order valence-corrected chi connectivity index (χ4v) is 1.59. The fraction of sp³-hybridized carbons (Fsp3) is 0.400.